The molecule has 0 aliphatic heterocycles. The molecule has 1 aromatic carbocycles. The monoisotopic (exact) mass is 337 g/mol. The molecule has 0 heterocycles. The van der Waals surface area contributed by atoms with Crippen molar-refractivity contribution in [3.05, 3.63) is 23.8 Å². The van der Waals surface area contributed by atoms with Gasteiger partial charge >= 0.3 is 5.97 Å². The average molecular weight is 337 g/mol. The normalized spacial score (nSPS) is 13.0. The van der Waals surface area contributed by atoms with Crippen molar-refractivity contribution in [1.29, 1.82) is 0 Å². The second kappa shape index (κ2) is 9.27. The quantitative estimate of drug-likeness (QED) is 0.699. The Morgan fingerprint density at radius 1 is 1.21 bits per heavy atom. The van der Waals surface area contributed by atoms with E-state index in [9.17, 15) is 9.59 Å². The van der Waals surface area contributed by atoms with Crippen molar-refractivity contribution in [3.8, 4) is 5.75 Å². The van der Waals surface area contributed by atoms with Crippen LogP contribution in [0.1, 0.15) is 50.9 Å². The molecular formula is C18H27NO5. The summed E-state index contributed by atoms with van der Waals surface area (Å²) in [4.78, 5) is 24.4. The van der Waals surface area contributed by atoms with E-state index in [2.05, 4.69) is 5.32 Å². The van der Waals surface area contributed by atoms with Crippen molar-refractivity contribution in [1.82, 2.24) is 0 Å². The zero-order chi connectivity index (χ0) is 18.2. The number of nitrogens with one attached hydrogen (secondary N) is 1. The first-order valence-corrected chi connectivity index (χ1v) is 8.22. The smallest absolute Gasteiger partial charge is 0.341 e. The molecule has 6 heteroatoms. The predicted octanol–water partition coefficient (Wildman–Crippen LogP) is 3.41. The van der Waals surface area contributed by atoms with Crippen LogP contribution in [0.2, 0.25) is 0 Å². The molecular weight excluding hydrogens is 310 g/mol. The van der Waals surface area contributed by atoms with Gasteiger partial charge in [0.2, 0.25) is 0 Å². The van der Waals surface area contributed by atoms with Crippen LogP contribution in [-0.4, -0.2) is 37.8 Å². The maximum Gasteiger partial charge on any atom is 0.341 e. The molecule has 1 rings (SSSR count). The molecule has 0 fully saturated rings. The van der Waals surface area contributed by atoms with Crippen LogP contribution in [0.15, 0.2) is 18.2 Å². The summed E-state index contributed by atoms with van der Waals surface area (Å²) in [5.41, 5.74) is -0.153. The number of carbonyl (C=O) groups is 2. The van der Waals surface area contributed by atoms with E-state index >= 15 is 0 Å². The van der Waals surface area contributed by atoms with Gasteiger partial charge in [-0.05, 0) is 44.9 Å². The summed E-state index contributed by atoms with van der Waals surface area (Å²) in [5, 5.41) is 2.79. The van der Waals surface area contributed by atoms with Crippen LogP contribution in [0.5, 0.6) is 5.75 Å². The highest BCUT2D eigenvalue weighted by atomic mass is 16.5. The average Bonchev–Trinajstić information content (AvgIpc) is 2.59. The Balaban J connectivity index is 3.04. The highest BCUT2D eigenvalue weighted by molar-refractivity contribution is 5.99. The first-order valence-electron chi connectivity index (χ1n) is 8.22. The molecule has 0 saturated heterocycles. The highest BCUT2D eigenvalue weighted by Crippen LogP contribution is 2.25. The van der Waals surface area contributed by atoms with E-state index < -0.39 is 11.6 Å². The number of esters is 1. The molecule has 0 spiro atoms. The SMILES string of the molecule is CCCOc1ccc(NC(=O)[C@@](C)(CC)OCC)cc1C(=O)OC. The summed E-state index contributed by atoms with van der Waals surface area (Å²) >= 11 is 0. The summed E-state index contributed by atoms with van der Waals surface area (Å²) < 4.78 is 15.9. The van der Waals surface area contributed by atoms with Gasteiger partial charge in [-0.25, -0.2) is 4.79 Å². The minimum absolute atomic E-state index is 0.259. The van der Waals surface area contributed by atoms with Gasteiger partial charge in [0, 0.05) is 12.3 Å². The fourth-order valence-electron chi connectivity index (χ4n) is 2.13. The second-order valence-electron chi connectivity index (χ2n) is 5.52. The van der Waals surface area contributed by atoms with E-state index in [1.807, 2.05) is 20.8 Å². The minimum Gasteiger partial charge on any atom is -0.493 e. The van der Waals surface area contributed by atoms with Gasteiger partial charge in [0.25, 0.3) is 5.91 Å². The standard InChI is InChI=1S/C18H27NO5/c1-6-11-23-15-10-9-13(12-14(15)16(20)22-5)19-17(21)18(4,7-2)24-8-3/h9-10,12H,6-8,11H2,1-5H3,(H,19,21)/t18-/m1/s1. The van der Waals surface area contributed by atoms with Crippen LogP contribution >= 0.6 is 0 Å². The summed E-state index contributed by atoms with van der Waals surface area (Å²) in [5.74, 6) is -0.338. The number of anilines is 1. The van der Waals surface area contributed by atoms with Gasteiger partial charge in [-0.2, -0.15) is 0 Å². The van der Waals surface area contributed by atoms with E-state index in [1.165, 1.54) is 7.11 Å². The van der Waals surface area contributed by atoms with Gasteiger partial charge in [0.15, 0.2) is 0 Å². The van der Waals surface area contributed by atoms with Crippen LogP contribution in [0.3, 0.4) is 0 Å². The molecule has 1 aromatic rings. The van der Waals surface area contributed by atoms with Crippen molar-refractivity contribution in [3.63, 3.8) is 0 Å². The Morgan fingerprint density at radius 3 is 2.46 bits per heavy atom. The molecule has 0 aliphatic rings. The zero-order valence-corrected chi connectivity index (χ0v) is 15.1. The van der Waals surface area contributed by atoms with Crippen LogP contribution < -0.4 is 10.1 Å². The third-order valence-electron chi connectivity index (χ3n) is 3.72. The number of hydrogen-bond acceptors (Lipinski definition) is 5. The Labute approximate surface area is 143 Å². The third-order valence-corrected chi connectivity index (χ3v) is 3.72. The maximum absolute atomic E-state index is 12.5. The third kappa shape index (κ3) is 4.96. The first-order chi connectivity index (χ1) is 11.4. The van der Waals surface area contributed by atoms with Gasteiger partial charge < -0.3 is 19.5 Å². The Hall–Kier alpha value is -2.08. The van der Waals surface area contributed by atoms with E-state index in [0.717, 1.165) is 6.42 Å². The van der Waals surface area contributed by atoms with Gasteiger partial charge in [0.1, 0.15) is 16.9 Å². The van der Waals surface area contributed by atoms with E-state index in [4.69, 9.17) is 14.2 Å². The molecule has 0 unspecified atom stereocenters. The molecule has 0 aromatic heterocycles. The molecule has 0 saturated carbocycles. The maximum atomic E-state index is 12.5. The van der Waals surface area contributed by atoms with Crippen LogP contribution in [0.4, 0.5) is 5.69 Å². The summed E-state index contributed by atoms with van der Waals surface area (Å²) in [6.45, 7) is 8.38. The fraction of sp³-hybridized carbons (Fsp3) is 0.556. The van der Waals surface area contributed by atoms with Gasteiger partial charge in [-0.3, -0.25) is 4.79 Å². The van der Waals surface area contributed by atoms with Crippen molar-refractivity contribution < 1.29 is 23.8 Å². The molecule has 0 radical (unpaired) electrons. The van der Waals surface area contributed by atoms with Crippen molar-refractivity contribution >= 4 is 17.6 Å². The van der Waals surface area contributed by atoms with Crippen LogP contribution in [-0.2, 0) is 14.3 Å². The van der Waals surface area contributed by atoms with E-state index in [1.54, 1.807) is 25.1 Å². The van der Waals surface area contributed by atoms with Crippen molar-refractivity contribution in [2.75, 3.05) is 25.6 Å². The number of benzene rings is 1. The van der Waals surface area contributed by atoms with E-state index in [0.29, 0.717) is 31.1 Å². The lowest BCUT2D eigenvalue weighted by molar-refractivity contribution is -0.139. The summed E-state index contributed by atoms with van der Waals surface area (Å²) in [6, 6.07) is 4.90. The Morgan fingerprint density at radius 2 is 1.92 bits per heavy atom. The largest absolute Gasteiger partial charge is 0.493 e. The van der Waals surface area contributed by atoms with Crippen LogP contribution in [0.25, 0.3) is 0 Å². The Kier molecular flexibility index (Phi) is 7.71. The molecule has 0 bridgehead atoms. The zero-order valence-electron chi connectivity index (χ0n) is 15.1. The predicted molar refractivity (Wildman–Crippen MR) is 92.5 cm³/mol. The molecule has 1 atom stereocenters. The van der Waals surface area contributed by atoms with Gasteiger partial charge in [0.05, 0.1) is 13.7 Å². The molecule has 0 aliphatic carbocycles. The van der Waals surface area contributed by atoms with E-state index in [-0.39, 0.29) is 11.5 Å². The topological polar surface area (TPSA) is 73.9 Å². The Bertz CT molecular complexity index is 573. The number of ether oxygens (including phenoxy) is 3. The first kappa shape index (κ1) is 20.0. The lowest BCUT2D eigenvalue weighted by atomic mass is 10.0. The van der Waals surface area contributed by atoms with Gasteiger partial charge in [-0.1, -0.05) is 13.8 Å². The summed E-state index contributed by atoms with van der Waals surface area (Å²) in [7, 11) is 1.31. The molecule has 24 heavy (non-hydrogen) atoms. The second-order valence-corrected chi connectivity index (χ2v) is 5.52. The molecule has 1 amide bonds. The molecule has 1 N–H and O–H groups in total. The lowest BCUT2D eigenvalue weighted by Crippen LogP contribution is -2.42. The molecule has 6 nitrogen and oxygen atoms in total. The number of carbonyl (C=O) groups excluding carboxylic acids is 2. The van der Waals surface area contributed by atoms with Crippen molar-refractivity contribution in [2.24, 2.45) is 0 Å². The minimum atomic E-state index is -0.919. The van der Waals surface area contributed by atoms with Crippen LogP contribution in [0, 0.1) is 0 Å². The summed E-state index contributed by atoms with van der Waals surface area (Å²) in [6.07, 6.45) is 1.36. The number of rotatable bonds is 9. The number of methoxy groups -OCH3 is 1. The molecule has 134 valence electrons. The number of amides is 1. The van der Waals surface area contributed by atoms with Gasteiger partial charge in [-0.15, -0.1) is 0 Å². The fourth-order valence-corrected chi connectivity index (χ4v) is 2.13. The van der Waals surface area contributed by atoms with Crippen molar-refractivity contribution in [2.45, 2.75) is 46.1 Å². The lowest BCUT2D eigenvalue weighted by Gasteiger charge is -2.26. The number of hydrogen-bond donors (Lipinski definition) is 1. The highest BCUT2D eigenvalue weighted by Gasteiger charge is 2.32.